The molecule has 0 aliphatic carbocycles. The van der Waals surface area contributed by atoms with Gasteiger partial charge in [-0.1, -0.05) is 31.2 Å². The lowest BCUT2D eigenvalue weighted by atomic mass is 10.3. The van der Waals surface area contributed by atoms with Crippen LogP contribution >= 0.6 is 7.82 Å². The van der Waals surface area contributed by atoms with E-state index in [1.54, 1.807) is 6.08 Å². The molecule has 0 aliphatic heterocycles. The van der Waals surface area contributed by atoms with Crippen LogP contribution in [-0.4, -0.2) is 40.1 Å². The zero-order chi connectivity index (χ0) is 15.4. The average Bonchev–Trinajstić information content (AvgIpc) is 2.37. The van der Waals surface area contributed by atoms with Gasteiger partial charge in [0.2, 0.25) is 5.91 Å². The molecule has 0 aliphatic rings. The number of nitrogens with one attached hydrogen (secondary N) is 1. The molecule has 0 fully saturated rings. The van der Waals surface area contributed by atoms with Crippen molar-refractivity contribution in [1.82, 2.24) is 5.32 Å². The summed E-state index contributed by atoms with van der Waals surface area (Å²) in [5.41, 5.74) is 0. The second kappa shape index (κ2) is 10.8. The molecule has 8 heteroatoms. The number of allylic oxidation sites excluding steroid dienone is 3. The number of carbonyl (C=O) groups is 1. The zero-order valence-corrected chi connectivity index (χ0v) is 12.3. The lowest BCUT2D eigenvalue weighted by Crippen LogP contribution is -2.34. The number of hydrogen-bond acceptors (Lipinski definition) is 4. The standard InChI is InChI=1S/C12H22NO6P/c1-2-3-4-5-6-7-8-12(15)13-9-11(14)10-19-20(16,17)18/h3-4,6-7,11,14H,2,5,8-10H2,1H3,(H,13,15)(H2,16,17,18)/b4-3-,7-6-. The Morgan fingerprint density at radius 3 is 2.55 bits per heavy atom. The van der Waals surface area contributed by atoms with Crippen LogP contribution in [0.25, 0.3) is 0 Å². The molecule has 0 saturated heterocycles. The zero-order valence-electron chi connectivity index (χ0n) is 11.4. The first-order valence-corrected chi connectivity index (χ1v) is 7.83. The average molecular weight is 307 g/mol. The van der Waals surface area contributed by atoms with E-state index in [0.29, 0.717) is 0 Å². The molecule has 0 spiro atoms. The molecule has 20 heavy (non-hydrogen) atoms. The number of carbonyl (C=O) groups excluding carboxylic acids is 1. The van der Waals surface area contributed by atoms with E-state index in [1.807, 2.05) is 25.2 Å². The van der Waals surface area contributed by atoms with E-state index in [2.05, 4.69) is 9.84 Å². The van der Waals surface area contributed by atoms with Crippen LogP contribution in [0.2, 0.25) is 0 Å². The number of phosphoric ester groups is 1. The number of amides is 1. The van der Waals surface area contributed by atoms with Crippen molar-refractivity contribution < 1.29 is 28.8 Å². The largest absolute Gasteiger partial charge is 0.469 e. The summed E-state index contributed by atoms with van der Waals surface area (Å²) in [6.07, 6.45) is 8.36. The fourth-order valence-electron chi connectivity index (χ4n) is 1.17. The third kappa shape index (κ3) is 13.5. The van der Waals surface area contributed by atoms with Gasteiger partial charge in [-0.05, 0) is 12.8 Å². The Balaban J connectivity index is 3.71. The Morgan fingerprint density at radius 1 is 1.30 bits per heavy atom. The summed E-state index contributed by atoms with van der Waals surface area (Å²) in [6.45, 7) is 1.37. The molecular formula is C12H22NO6P. The first-order chi connectivity index (χ1) is 9.35. The highest BCUT2D eigenvalue weighted by molar-refractivity contribution is 7.46. The summed E-state index contributed by atoms with van der Waals surface area (Å²) in [5.74, 6) is -0.282. The summed E-state index contributed by atoms with van der Waals surface area (Å²) >= 11 is 0. The van der Waals surface area contributed by atoms with Gasteiger partial charge in [0.05, 0.1) is 12.7 Å². The number of hydrogen-bond donors (Lipinski definition) is 4. The highest BCUT2D eigenvalue weighted by atomic mass is 31.2. The van der Waals surface area contributed by atoms with E-state index < -0.39 is 20.5 Å². The van der Waals surface area contributed by atoms with Crippen molar-refractivity contribution in [1.29, 1.82) is 0 Å². The molecule has 0 rings (SSSR count). The van der Waals surface area contributed by atoms with Crippen LogP contribution in [0.3, 0.4) is 0 Å². The molecule has 0 saturated carbocycles. The van der Waals surface area contributed by atoms with E-state index in [1.165, 1.54) is 0 Å². The van der Waals surface area contributed by atoms with Gasteiger partial charge >= 0.3 is 7.82 Å². The Bertz CT molecular complexity index is 376. The van der Waals surface area contributed by atoms with Crippen molar-refractivity contribution in [2.45, 2.75) is 32.3 Å². The molecule has 1 atom stereocenters. The topological polar surface area (TPSA) is 116 Å². The Morgan fingerprint density at radius 2 is 1.95 bits per heavy atom. The van der Waals surface area contributed by atoms with E-state index >= 15 is 0 Å². The number of phosphoric acid groups is 1. The third-order valence-electron chi connectivity index (χ3n) is 2.11. The van der Waals surface area contributed by atoms with Crippen molar-refractivity contribution in [2.75, 3.05) is 13.2 Å². The normalized spacial score (nSPS) is 14.0. The van der Waals surface area contributed by atoms with Gasteiger partial charge in [-0.2, -0.15) is 0 Å². The minimum Gasteiger partial charge on any atom is -0.389 e. The van der Waals surface area contributed by atoms with Gasteiger partial charge in [0, 0.05) is 13.0 Å². The molecule has 0 radical (unpaired) electrons. The first kappa shape index (κ1) is 19.0. The van der Waals surface area contributed by atoms with E-state index in [9.17, 15) is 14.5 Å². The van der Waals surface area contributed by atoms with E-state index in [4.69, 9.17) is 9.79 Å². The molecule has 0 aromatic carbocycles. The molecule has 0 heterocycles. The van der Waals surface area contributed by atoms with Gasteiger partial charge in [0.25, 0.3) is 0 Å². The van der Waals surface area contributed by atoms with Crippen LogP contribution in [0.1, 0.15) is 26.2 Å². The quantitative estimate of drug-likeness (QED) is 0.351. The van der Waals surface area contributed by atoms with Gasteiger partial charge in [-0.25, -0.2) is 4.57 Å². The second-order valence-corrected chi connectivity index (χ2v) is 5.27. The minimum atomic E-state index is -4.59. The molecule has 0 bridgehead atoms. The fourth-order valence-corrected chi connectivity index (χ4v) is 1.54. The molecule has 116 valence electrons. The summed E-state index contributed by atoms with van der Waals surface area (Å²) in [7, 11) is -4.59. The summed E-state index contributed by atoms with van der Waals surface area (Å²) in [5, 5.41) is 11.7. The van der Waals surface area contributed by atoms with Crippen LogP contribution in [0.5, 0.6) is 0 Å². The van der Waals surface area contributed by atoms with Crippen LogP contribution in [0.4, 0.5) is 0 Å². The van der Waals surface area contributed by atoms with Crippen molar-refractivity contribution in [3.05, 3.63) is 24.3 Å². The smallest absolute Gasteiger partial charge is 0.389 e. The third-order valence-corrected chi connectivity index (χ3v) is 2.60. The van der Waals surface area contributed by atoms with Crippen molar-refractivity contribution in [2.24, 2.45) is 0 Å². The van der Waals surface area contributed by atoms with E-state index in [0.717, 1.165) is 12.8 Å². The second-order valence-electron chi connectivity index (χ2n) is 4.04. The van der Waals surface area contributed by atoms with Gasteiger partial charge < -0.3 is 20.2 Å². The fraction of sp³-hybridized carbons (Fsp3) is 0.583. The Labute approximate surface area is 118 Å². The predicted octanol–water partition coefficient (Wildman–Crippen LogP) is 0.875. The number of rotatable bonds is 10. The highest BCUT2D eigenvalue weighted by Crippen LogP contribution is 2.35. The maximum Gasteiger partial charge on any atom is 0.469 e. The minimum absolute atomic E-state index is 0.123. The number of aliphatic hydroxyl groups excluding tert-OH is 1. The van der Waals surface area contributed by atoms with Crippen molar-refractivity contribution in [3.8, 4) is 0 Å². The van der Waals surface area contributed by atoms with E-state index in [-0.39, 0.29) is 18.9 Å². The van der Waals surface area contributed by atoms with Gasteiger partial charge in [-0.3, -0.25) is 9.32 Å². The SMILES string of the molecule is CC/C=C\C/C=C\CC(=O)NCC(O)COP(=O)(O)O. The summed E-state index contributed by atoms with van der Waals surface area (Å²) in [6, 6.07) is 0. The summed E-state index contributed by atoms with van der Waals surface area (Å²) in [4.78, 5) is 28.2. The molecule has 0 aromatic rings. The predicted molar refractivity (Wildman–Crippen MR) is 74.8 cm³/mol. The maximum absolute atomic E-state index is 11.4. The first-order valence-electron chi connectivity index (χ1n) is 6.30. The Hall–Kier alpha value is -0.980. The number of aliphatic hydroxyl groups is 1. The summed E-state index contributed by atoms with van der Waals surface area (Å²) < 4.78 is 14.5. The van der Waals surface area contributed by atoms with Crippen molar-refractivity contribution in [3.63, 3.8) is 0 Å². The highest BCUT2D eigenvalue weighted by Gasteiger charge is 2.16. The van der Waals surface area contributed by atoms with Gasteiger partial charge in [0.15, 0.2) is 0 Å². The molecule has 4 N–H and O–H groups in total. The van der Waals surface area contributed by atoms with Crippen LogP contribution in [-0.2, 0) is 13.9 Å². The Kier molecular flexibility index (Phi) is 10.2. The van der Waals surface area contributed by atoms with Crippen LogP contribution in [0, 0.1) is 0 Å². The maximum atomic E-state index is 11.4. The van der Waals surface area contributed by atoms with Crippen molar-refractivity contribution >= 4 is 13.7 Å². The van der Waals surface area contributed by atoms with Gasteiger partial charge in [-0.15, -0.1) is 0 Å². The molecule has 0 aromatic heterocycles. The lowest BCUT2D eigenvalue weighted by molar-refractivity contribution is -0.120. The molecule has 1 amide bonds. The monoisotopic (exact) mass is 307 g/mol. The molecule has 7 nitrogen and oxygen atoms in total. The van der Waals surface area contributed by atoms with Crippen LogP contribution in [0.15, 0.2) is 24.3 Å². The van der Waals surface area contributed by atoms with Gasteiger partial charge in [0.1, 0.15) is 0 Å². The molecule has 1 unspecified atom stereocenters. The lowest BCUT2D eigenvalue weighted by Gasteiger charge is -2.12. The molecular weight excluding hydrogens is 285 g/mol. The van der Waals surface area contributed by atoms with Crippen LogP contribution < -0.4 is 5.32 Å².